The van der Waals surface area contributed by atoms with Crippen LogP contribution in [0.1, 0.15) is 18.4 Å². The summed E-state index contributed by atoms with van der Waals surface area (Å²) in [6, 6.07) is 15.7. The second-order valence-corrected chi connectivity index (χ2v) is 5.99. The molecule has 0 atom stereocenters. The molecule has 1 aliphatic heterocycles. The number of likely N-dealkylation sites (tertiary alicyclic amines) is 1. The van der Waals surface area contributed by atoms with Gasteiger partial charge in [-0.15, -0.1) is 24.0 Å². The third-order valence-electron chi connectivity index (χ3n) is 4.29. The van der Waals surface area contributed by atoms with Crippen LogP contribution in [0.5, 0.6) is 17.2 Å². The van der Waals surface area contributed by atoms with E-state index in [1.54, 1.807) is 7.11 Å². The number of methoxy groups -OCH3 is 1. The van der Waals surface area contributed by atoms with E-state index in [2.05, 4.69) is 27.3 Å². The van der Waals surface area contributed by atoms with Crippen LogP contribution in [0.25, 0.3) is 0 Å². The van der Waals surface area contributed by atoms with E-state index in [0.29, 0.717) is 5.75 Å². The molecule has 3 rings (SSSR count). The molecule has 6 heteroatoms. The standard InChI is InChI=1S/C20H25N3O2.HI/c1-21-20(23-13-5-6-14-23)22-15-16-9-11-17(12-10-16)25-19-8-4-3-7-18(19)24-2;/h3-4,7-12H,5-6,13-15H2,1-2H3,(H,21,22);1H. The zero-order valence-corrected chi connectivity index (χ0v) is 17.6. The van der Waals surface area contributed by atoms with Crippen LogP contribution in [0, 0.1) is 0 Å². The average molecular weight is 467 g/mol. The number of hydrogen-bond acceptors (Lipinski definition) is 3. The molecule has 1 heterocycles. The Bertz CT molecular complexity index is 713. The molecule has 1 fully saturated rings. The number of nitrogens with one attached hydrogen (secondary N) is 1. The van der Waals surface area contributed by atoms with Crippen molar-refractivity contribution < 1.29 is 9.47 Å². The molecule has 1 aliphatic rings. The molecule has 26 heavy (non-hydrogen) atoms. The van der Waals surface area contributed by atoms with E-state index >= 15 is 0 Å². The van der Waals surface area contributed by atoms with Crippen LogP contribution in [0.3, 0.4) is 0 Å². The number of hydrogen-bond donors (Lipinski definition) is 1. The Labute approximate surface area is 172 Å². The van der Waals surface area contributed by atoms with Gasteiger partial charge in [0.25, 0.3) is 0 Å². The quantitative estimate of drug-likeness (QED) is 0.405. The number of guanidine groups is 1. The maximum Gasteiger partial charge on any atom is 0.193 e. The van der Waals surface area contributed by atoms with Gasteiger partial charge in [0.2, 0.25) is 0 Å². The minimum Gasteiger partial charge on any atom is -0.493 e. The van der Waals surface area contributed by atoms with Crippen molar-refractivity contribution in [2.75, 3.05) is 27.2 Å². The second kappa shape index (κ2) is 10.3. The summed E-state index contributed by atoms with van der Waals surface area (Å²) in [5, 5.41) is 3.43. The van der Waals surface area contributed by atoms with Crippen LogP contribution in [0.15, 0.2) is 53.5 Å². The van der Waals surface area contributed by atoms with E-state index in [1.165, 1.54) is 18.4 Å². The molecule has 1 saturated heterocycles. The zero-order chi connectivity index (χ0) is 17.5. The summed E-state index contributed by atoms with van der Waals surface area (Å²) in [5.41, 5.74) is 1.19. The highest BCUT2D eigenvalue weighted by Gasteiger charge is 2.15. The summed E-state index contributed by atoms with van der Waals surface area (Å²) in [5.74, 6) is 3.21. The van der Waals surface area contributed by atoms with Crippen LogP contribution in [-0.2, 0) is 6.54 Å². The first-order valence-corrected chi connectivity index (χ1v) is 8.65. The predicted molar refractivity (Wildman–Crippen MR) is 116 cm³/mol. The molecule has 0 aliphatic carbocycles. The van der Waals surface area contributed by atoms with Crippen molar-refractivity contribution >= 4 is 29.9 Å². The molecule has 0 unspecified atom stereocenters. The van der Waals surface area contributed by atoms with E-state index in [4.69, 9.17) is 9.47 Å². The van der Waals surface area contributed by atoms with Gasteiger partial charge in [0.1, 0.15) is 5.75 Å². The Morgan fingerprint density at radius 1 is 1.04 bits per heavy atom. The maximum atomic E-state index is 5.91. The van der Waals surface area contributed by atoms with Gasteiger partial charge in [-0.2, -0.15) is 0 Å². The van der Waals surface area contributed by atoms with Crippen LogP contribution in [-0.4, -0.2) is 38.1 Å². The molecular formula is C20H26IN3O2. The average Bonchev–Trinajstić information content (AvgIpc) is 3.18. The van der Waals surface area contributed by atoms with E-state index < -0.39 is 0 Å². The van der Waals surface area contributed by atoms with Crippen LogP contribution >= 0.6 is 24.0 Å². The summed E-state index contributed by atoms with van der Waals surface area (Å²) in [7, 11) is 3.48. The van der Waals surface area contributed by atoms with Crippen molar-refractivity contribution in [3.8, 4) is 17.2 Å². The van der Waals surface area contributed by atoms with Crippen molar-refractivity contribution in [3.63, 3.8) is 0 Å². The fourth-order valence-electron chi connectivity index (χ4n) is 2.95. The molecule has 140 valence electrons. The van der Waals surface area contributed by atoms with Crippen molar-refractivity contribution in [2.45, 2.75) is 19.4 Å². The Kier molecular flexibility index (Phi) is 8.03. The number of ether oxygens (including phenoxy) is 2. The van der Waals surface area contributed by atoms with Gasteiger partial charge >= 0.3 is 0 Å². The Morgan fingerprint density at radius 3 is 2.31 bits per heavy atom. The highest BCUT2D eigenvalue weighted by Crippen LogP contribution is 2.30. The summed E-state index contributed by atoms with van der Waals surface area (Å²) < 4.78 is 11.2. The van der Waals surface area contributed by atoms with Gasteiger partial charge in [-0.25, -0.2) is 0 Å². The van der Waals surface area contributed by atoms with Gasteiger partial charge < -0.3 is 19.7 Å². The number of nitrogens with zero attached hydrogens (tertiary/aromatic N) is 2. The van der Waals surface area contributed by atoms with Gasteiger partial charge in [0, 0.05) is 26.7 Å². The number of para-hydroxylation sites is 2. The predicted octanol–water partition coefficient (Wildman–Crippen LogP) is 4.28. The minimum atomic E-state index is 0. The number of aliphatic imine (C=N–C) groups is 1. The van der Waals surface area contributed by atoms with Gasteiger partial charge in [0.15, 0.2) is 17.5 Å². The highest BCUT2D eigenvalue weighted by atomic mass is 127. The van der Waals surface area contributed by atoms with Gasteiger partial charge in [0.05, 0.1) is 7.11 Å². The molecule has 2 aromatic carbocycles. The van der Waals surface area contributed by atoms with E-state index in [0.717, 1.165) is 37.1 Å². The lowest BCUT2D eigenvalue weighted by Gasteiger charge is -2.20. The maximum absolute atomic E-state index is 5.91. The lowest BCUT2D eigenvalue weighted by atomic mass is 10.2. The van der Waals surface area contributed by atoms with Crippen molar-refractivity contribution in [1.82, 2.24) is 10.2 Å². The monoisotopic (exact) mass is 467 g/mol. The third kappa shape index (κ3) is 5.27. The van der Waals surface area contributed by atoms with E-state index in [-0.39, 0.29) is 24.0 Å². The van der Waals surface area contributed by atoms with Crippen molar-refractivity contribution in [2.24, 2.45) is 4.99 Å². The molecule has 5 nitrogen and oxygen atoms in total. The molecular weight excluding hydrogens is 441 g/mol. The number of rotatable bonds is 5. The lowest BCUT2D eigenvalue weighted by Crippen LogP contribution is -2.39. The SMILES string of the molecule is CN=C(NCc1ccc(Oc2ccccc2OC)cc1)N1CCCC1.I. The Balaban J connectivity index is 0.00000243. The molecule has 0 radical (unpaired) electrons. The summed E-state index contributed by atoms with van der Waals surface area (Å²) in [6.45, 7) is 2.93. The van der Waals surface area contributed by atoms with Gasteiger partial charge in [-0.3, -0.25) is 4.99 Å². The largest absolute Gasteiger partial charge is 0.493 e. The van der Waals surface area contributed by atoms with Crippen molar-refractivity contribution in [1.29, 1.82) is 0 Å². The highest BCUT2D eigenvalue weighted by molar-refractivity contribution is 14.0. The van der Waals surface area contributed by atoms with Crippen LogP contribution < -0.4 is 14.8 Å². The van der Waals surface area contributed by atoms with Gasteiger partial charge in [-0.1, -0.05) is 24.3 Å². The lowest BCUT2D eigenvalue weighted by molar-refractivity contribution is 0.379. The first-order valence-electron chi connectivity index (χ1n) is 8.65. The summed E-state index contributed by atoms with van der Waals surface area (Å²) in [6.07, 6.45) is 2.49. The second-order valence-electron chi connectivity index (χ2n) is 5.99. The molecule has 0 aromatic heterocycles. The number of benzene rings is 2. The zero-order valence-electron chi connectivity index (χ0n) is 15.3. The fraction of sp³-hybridized carbons (Fsp3) is 0.350. The molecule has 0 bridgehead atoms. The van der Waals surface area contributed by atoms with Crippen LogP contribution in [0.2, 0.25) is 0 Å². The molecule has 0 amide bonds. The molecule has 2 aromatic rings. The summed E-state index contributed by atoms with van der Waals surface area (Å²) >= 11 is 0. The van der Waals surface area contributed by atoms with E-state index in [9.17, 15) is 0 Å². The van der Waals surface area contributed by atoms with Gasteiger partial charge in [-0.05, 0) is 42.7 Å². The molecule has 0 saturated carbocycles. The molecule has 0 spiro atoms. The van der Waals surface area contributed by atoms with Crippen molar-refractivity contribution in [3.05, 3.63) is 54.1 Å². The van der Waals surface area contributed by atoms with E-state index in [1.807, 2.05) is 43.4 Å². The summed E-state index contributed by atoms with van der Waals surface area (Å²) in [4.78, 5) is 6.68. The first kappa shape index (κ1) is 20.4. The number of halogens is 1. The minimum absolute atomic E-state index is 0. The fourth-order valence-corrected chi connectivity index (χ4v) is 2.95. The third-order valence-corrected chi connectivity index (χ3v) is 4.29. The first-order chi connectivity index (χ1) is 12.3. The van der Waals surface area contributed by atoms with Crippen LogP contribution in [0.4, 0.5) is 0 Å². The topological polar surface area (TPSA) is 46.1 Å². The molecule has 1 N–H and O–H groups in total. The Morgan fingerprint density at radius 2 is 1.69 bits per heavy atom. The normalized spacial score (nSPS) is 13.9. The smallest absolute Gasteiger partial charge is 0.193 e. The Hall–Kier alpha value is -1.96.